The molecule has 0 saturated heterocycles. The van der Waals surface area contributed by atoms with E-state index in [0.29, 0.717) is 0 Å². The minimum absolute atomic E-state index is 1.03. The van der Waals surface area contributed by atoms with Crippen LogP contribution in [0.15, 0.2) is 72.9 Å². The monoisotopic (exact) mass is 323 g/mol. The van der Waals surface area contributed by atoms with Gasteiger partial charge in [-0.1, -0.05) is 48.5 Å². The number of hydrogen-bond donors (Lipinski definition) is 0. The fraction of sp³-hybridized carbons (Fsp3) is 0.125. The average Bonchev–Trinajstić information content (AvgIpc) is 2.67. The molecule has 1 aromatic heterocycles. The maximum atomic E-state index is 4.63. The second kappa shape index (κ2) is 6.18. The quantitative estimate of drug-likeness (QED) is 0.370. The number of aromatic nitrogens is 1. The van der Waals surface area contributed by atoms with Gasteiger partial charge in [0, 0.05) is 11.8 Å². The second-order valence-corrected chi connectivity index (χ2v) is 6.58. The summed E-state index contributed by atoms with van der Waals surface area (Å²) in [4.78, 5) is 4.63. The van der Waals surface area contributed by atoms with Crippen molar-refractivity contribution in [3.05, 3.63) is 84.1 Å². The molecule has 1 heteroatoms. The van der Waals surface area contributed by atoms with Gasteiger partial charge < -0.3 is 0 Å². The van der Waals surface area contributed by atoms with Gasteiger partial charge in [-0.3, -0.25) is 4.98 Å². The topological polar surface area (TPSA) is 12.9 Å². The van der Waals surface area contributed by atoms with Gasteiger partial charge in [0.1, 0.15) is 0 Å². The lowest BCUT2D eigenvalue weighted by Crippen LogP contribution is -1.90. The predicted octanol–water partition coefficient (Wildman–Crippen LogP) is 6.79. The van der Waals surface area contributed by atoms with Crippen molar-refractivity contribution in [3.8, 4) is 11.3 Å². The number of hydrogen-bond acceptors (Lipinski definition) is 1. The van der Waals surface area contributed by atoms with Crippen molar-refractivity contribution >= 4 is 27.1 Å². The van der Waals surface area contributed by atoms with Crippen molar-refractivity contribution in [2.45, 2.75) is 20.8 Å². The van der Waals surface area contributed by atoms with Gasteiger partial charge in [0.15, 0.2) is 0 Å². The Bertz CT molecular complexity index is 1120. The van der Waals surface area contributed by atoms with Gasteiger partial charge in [0.2, 0.25) is 0 Å². The summed E-state index contributed by atoms with van der Waals surface area (Å²) in [6.07, 6.45) is 4.04. The van der Waals surface area contributed by atoms with E-state index < -0.39 is 0 Å². The standard InChI is InChI=1S/C24H21N/c1-4-16(2)19-11-12-25-24(15-19)22-14-20-10-9-18-7-5-6-8-21(18)23(20)13-17(22)3/h4-15H,1-3H3/b16-4-. The highest BCUT2D eigenvalue weighted by molar-refractivity contribution is 6.08. The number of rotatable bonds is 2. The minimum Gasteiger partial charge on any atom is -0.256 e. The third-order valence-corrected chi connectivity index (χ3v) is 5.01. The first-order chi connectivity index (χ1) is 12.2. The molecule has 0 amide bonds. The Morgan fingerprint density at radius 2 is 1.68 bits per heavy atom. The van der Waals surface area contributed by atoms with E-state index in [-0.39, 0.29) is 0 Å². The second-order valence-electron chi connectivity index (χ2n) is 6.58. The molecule has 1 nitrogen and oxygen atoms in total. The van der Waals surface area contributed by atoms with Crippen molar-refractivity contribution in [2.75, 3.05) is 0 Å². The van der Waals surface area contributed by atoms with Gasteiger partial charge in [-0.15, -0.1) is 0 Å². The summed E-state index contributed by atoms with van der Waals surface area (Å²) in [7, 11) is 0. The van der Waals surface area contributed by atoms with Crippen LogP contribution in [-0.4, -0.2) is 4.98 Å². The highest BCUT2D eigenvalue weighted by Gasteiger charge is 2.09. The first kappa shape index (κ1) is 15.6. The molecule has 122 valence electrons. The van der Waals surface area contributed by atoms with E-state index in [1.807, 2.05) is 6.20 Å². The molecule has 0 aliphatic heterocycles. The van der Waals surface area contributed by atoms with Gasteiger partial charge in [-0.05, 0) is 77.2 Å². The summed E-state index contributed by atoms with van der Waals surface area (Å²) in [6, 6.07) is 21.8. The lowest BCUT2D eigenvalue weighted by atomic mass is 9.95. The first-order valence-corrected chi connectivity index (χ1v) is 8.69. The molecule has 3 aromatic carbocycles. The summed E-state index contributed by atoms with van der Waals surface area (Å²) in [6.45, 7) is 6.38. The fourth-order valence-electron chi connectivity index (χ4n) is 3.43. The van der Waals surface area contributed by atoms with Crippen molar-refractivity contribution in [1.29, 1.82) is 0 Å². The van der Waals surface area contributed by atoms with E-state index in [0.717, 1.165) is 5.69 Å². The van der Waals surface area contributed by atoms with Crippen LogP contribution >= 0.6 is 0 Å². The summed E-state index contributed by atoms with van der Waals surface area (Å²) in [5.74, 6) is 0. The lowest BCUT2D eigenvalue weighted by molar-refractivity contribution is 1.30. The number of allylic oxidation sites excluding steroid dienone is 2. The van der Waals surface area contributed by atoms with Crippen LogP contribution < -0.4 is 0 Å². The lowest BCUT2D eigenvalue weighted by Gasteiger charge is -2.11. The SMILES string of the molecule is C/C=C(/C)c1ccnc(-c2cc3ccc4ccccc4c3cc2C)c1. The Balaban J connectivity index is 1.94. The van der Waals surface area contributed by atoms with Crippen LogP contribution in [0, 0.1) is 6.92 Å². The number of nitrogens with zero attached hydrogens (tertiary/aromatic N) is 1. The normalized spacial score (nSPS) is 12.0. The maximum Gasteiger partial charge on any atom is 0.0710 e. The number of aryl methyl sites for hydroxylation is 1. The summed E-state index contributed by atoms with van der Waals surface area (Å²) in [5, 5.41) is 5.15. The molecule has 1 heterocycles. The van der Waals surface area contributed by atoms with E-state index in [9.17, 15) is 0 Å². The zero-order chi connectivity index (χ0) is 17.4. The van der Waals surface area contributed by atoms with Crippen LogP contribution in [0.2, 0.25) is 0 Å². The van der Waals surface area contributed by atoms with Crippen LogP contribution in [0.25, 0.3) is 38.4 Å². The van der Waals surface area contributed by atoms with Gasteiger partial charge in [-0.2, -0.15) is 0 Å². The zero-order valence-corrected chi connectivity index (χ0v) is 14.9. The third kappa shape index (κ3) is 2.72. The predicted molar refractivity (Wildman–Crippen MR) is 109 cm³/mol. The third-order valence-electron chi connectivity index (χ3n) is 5.01. The van der Waals surface area contributed by atoms with Crippen molar-refractivity contribution in [3.63, 3.8) is 0 Å². The molecule has 0 spiro atoms. The molecule has 4 rings (SSSR count). The Kier molecular flexibility index (Phi) is 3.85. The highest BCUT2D eigenvalue weighted by atomic mass is 14.7. The van der Waals surface area contributed by atoms with Gasteiger partial charge in [-0.25, -0.2) is 0 Å². The van der Waals surface area contributed by atoms with E-state index in [1.165, 1.54) is 43.8 Å². The number of benzene rings is 3. The van der Waals surface area contributed by atoms with E-state index in [2.05, 4.69) is 92.5 Å². The molecule has 4 aromatic rings. The Labute approximate surface area is 148 Å². The summed E-state index contributed by atoms with van der Waals surface area (Å²) in [5.41, 5.74) is 5.99. The van der Waals surface area contributed by atoms with Crippen LogP contribution in [0.4, 0.5) is 0 Å². The van der Waals surface area contributed by atoms with Crippen molar-refractivity contribution < 1.29 is 0 Å². The average molecular weight is 323 g/mol. The van der Waals surface area contributed by atoms with Crippen molar-refractivity contribution in [2.24, 2.45) is 0 Å². The number of pyridine rings is 1. The molecule has 0 unspecified atom stereocenters. The fourth-order valence-corrected chi connectivity index (χ4v) is 3.43. The molecular formula is C24H21N. The maximum absolute atomic E-state index is 4.63. The molecule has 0 aliphatic rings. The molecular weight excluding hydrogens is 302 g/mol. The largest absolute Gasteiger partial charge is 0.256 e. The van der Waals surface area contributed by atoms with Gasteiger partial charge in [0.25, 0.3) is 0 Å². The smallest absolute Gasteiger partial charge is 0.0710 e. The van der Waals surface area contributed by atoms with Crippen LogP contribution in [-0.2, 0) is 0 Å². The number of fused-ring (bicyclic) bond motifs is 3. The molecule has 0 aliphatic carbocycles. The van der Waals surface area contributed by atoms with Crippen LogP contribution in [0.3, 0.4) is 0 Å². The van der Waals surface area contributed by atoms with E-state index >= 15 is 0 Å². The summed E-state index contributed by atoms with van der Waals surface area (Å²) < 4.78 is 0. The minimum atomic E-state index is 1.03. The van der Waals surface area contributed by atoms with Crippen LogP contribution in [0.5, 0.6) is 0 Å². The summed E-state index contributed by atoms with van der Waals surface area (Å²) >= 11 is 0. The van der Waals surface area contributed by atoms with Gasteiger partial charge in [0.05, 0.1) is 5.69 Å². The molecule has 0 radical (unpaired) electrons. The van der Waals surface area contributed by atoms with Gasteiger partial charge >= 0.3 is 0 Å². The van der Waals surface area contributed by atoms with Crippen LogP contribution in [0.1, 0.15) is 25.0 Å². The molecule has 25 heavy (non-hydrogen) atoms. The molecule has 0 fully saturated rings. The van der Waals surface area contributed by atoms with E-state index in [4.69, 9.17) is 0 Å². The molecule has 0 N–H and O–H groups in total. The Morgan fingerprint density at radius 1 is 0.880 bits per heavy atom. The van der Waals surface area contributed by atoms with Crippen molar-refractivity contribution in [1.82, 2.24) is 4.98 Å². The molecule has 0 atom stereocenters. The Morgan fingerprint density at radius 3 is 2.52 bits per heavy atom. The molecule has 0 saturated carbocycles. The highest BCUT2D eigenvalue weighted by Crippen LogP contribution is 2.32. The molecule has 0 bridgehead atoms. The Hall–Kier alpha value is -2.93. The van der Waals surface area contributed by atoms with E-state index in [1.54, 1.807) is 0 Å². The zero-order valence-electron chi connectivity index (χ0n) is 14.9. The first-order valence-electron chi connectivity index (χ1n) is 8.69.